The number of esters is 1. The van der Waals surface area contributed by atoms with Crippen molar-refractivity contribution in [1.82, 2.24) is 0 Å². The first-order chi connectivity index (χ1) is 11.9. The Labute approximate surface area is 152 Å². The molecule has 1 N–H and O–H groups in total. The summed E-state index contributed by atoms with van der Waals surface area (Å²) in [5.41, 5.74) is 3.50. The van der Waals surface area contributed by atoms with Gasteiger partial charge in [0.15, 0.2) is 11.9 Å². The maximum Gasteiger partial charge on any atom is 0.341 e. The van der Waals surface area contributed by atoms with Gasteiger partial charge in [-0.15, -0.1) is 11.3 Å². The summed E-state index contributed by atoms with van der Waals surface area (Å²) in [5.74, 6) is -0.551. The van der Waals surface area contributed by atoms with Gasteiger partial charge in [0, 0.05) is 23.4 Å². The van der Waals surface area contributed by atoms with Crippen molar-refractivity contribution < 1.29 is 18.9 Å². The SMILES string of the molecule is CCOC(=O)c1c(NC(=O)C[n+]2cc(CC)ccc2C)sc(C)c1C. The predicted molar refractivity (Wildman–Crippen MR) is 99.1 cm³/mol. The van der Waals surface area contributed by atoms with Crippen LogP contribution in [-0.4, -0.2) is 18.5 Å². The van der Waals surface area contributed by atoms with E-state index in [2.05, 4.69) is 18.3 Å². The minimum atomic E-state index is -0.392. The van der Waals surface area contributed by atoms with Crippen LogP contribution in [0.15, 0.2) is 18.3 Å². The summed E-state index contributed by atoms with van der Waals surface area (Å²) < 4.78 is 7.05. The molecule has 25 heavy (non-hydrogen) atoms. The van der Waals surface area contributed by atoms with E-state index in [-0.39, 0.29) is 12.5 Å². The molecule has 134 valence electrons. The van der Waals surface area contributed by atoms with Crippen molar-refractivity contribution in [3.05, 3.63) is 45.6 Å². The number of aryl methyl sites for hydroxylation is 3. The number of thiophene rings is 1. The van der Waals surface area contributed by atoms with Gasteiger partial charge in [0.05, 0.1) is 12.2 Å². The Hall–Kier alpha value is -2.21. The van der Waals surface area contributed by atoms with Gasteiger partial charge in [0.1, 0.15) is 5.00 Å². The fourth-order valence-electron chi connectivity index (χ4n) is 2.53. The largest absolute Gasteiger partial charge is 0.462 e. The number of aromatic nitrogens is 1. The molecule has 0 spiro atoms. The zero-order chi connectivity index (χ0) is 18.6. The van der Waals surface area contributed by atoms with Crippen LogP contribution >= 0.6 is 11.3 Å². The molecule has 2 heterocycles. The van der Waals surface area contributed by atoms with Crippen LogP contribution in [-0.2, 0) is 22.5 Å². The van der Waals surface area contributed by atoms with Crippen LogP contribution in [0.4, 0.5) is 5.00 Å². The van der Waals surface area contributed by atoms with Crippen molar-refractivity contribution in [2.45, 2.75) is 47.6 Å². The second-order valence-electron chi connectivity index (χ2n) is 5.92. The van der Waals surface area contributed by atoms with Gasteiger partial charge in [-0.05, 0) is 38.8 Å². The Bertz CT molecular complexity index is 796. The van der Waals surface area contributed by atoms with E-state index >= 15 is 0 Å². The molecule has 0 aliphatic carbocycles. The molecule has 0 fully saturated rings. The van der Waals surface area contributed by atoms with E-state index in [0.29, 0.717) is 17.2 Å². The standard InChI is InChI=1S/C19H24N2O3S/c1-6-15-9-8-12(3)21(10-15)11-16(22)20-18-17(19(23)24-7-2)13(4)14(5)25-18/h8-10H,6-7,11H2,1-5H3/p+1. The molecule has 0 aromatic carbocycles. The van der Waals surface area contributed by atoms with Crippen LogP contribution in [0.2, 0.25) is 0 Å². The molecule has 5 nitrogen and oxygen atoms in total. The van der Waals surface area contributed by atoms with Gasteiger partial charge in [-0.1, -0.05) is 6.92 Å². The quantitative estimate of drug-likeness (QED) is 0.634. The highest BCUT2D eigenvalue weighted by atomic mass is 32.1. The van der Waals surface area contributed by atoms with E-state index in [1.165, 1.54) is 16.9 Å². The second-order valence-corrected chi connectivity index (χ2v) is 7.14. The van der Waals surface area contributed by atoms with Crippen LogP contribution in [0.1, 0.15) is 45.9 Å². The Kier molecular flexibility index (Phi) is 6.31. The first-order valence-electron chi connectivity index (χ1n) is 8.43. The molecule has 0 radical (unpaired) electrons. The van der Waals surface area contributed by atoms with Gasteiger partial charge in [0.2, 0.25) is 6.54 Å². The first kappa shape index (κ1) is 19.1. The molecular weight excluding hydrogens is 336 g/mol. The van der Waals surface area contributed by atoms with Crippen LogP contribution in [0.3, 0.4) is 0 Å². The number of amides is 1. The highest BCUT2D eigenvalue weighted by Crippen LogP contribution is 2.33. The molecule has 0 unspecified atom stereocenters. The summed E-state index contributed by atoms with van der Waals surface area (Å²) in [6, 6.07) is 4.07. The number of carbonyl (C=O) groups is 2. The minimum absolute atomic E-state index is 0.159. The van der Waals surface area contributed by atoms with Gasteiger partial charge in [-0.25, -0.2) is 4.79 Å². The van der Waals surface area contributed by atoms with Gasteiger partial charge < -0.3 is 10.1 Å². The lowest BCUT2D eigenvalue weighted by molar-refractivity contribution is -0.690. The lowest BCUT2D eigenvalue weighted by Crippen LogP contribution is -2.43. The van der Waals surface area contributed by atoms with Crippen LogP contribution in [0.5, 0.6) is 0 Å². The van der Waals surface area contributed by atoms with Crippen molar-refractivity contribution in [3.8, 4) is 0 Å². The molecule has 0 saturated carbocycles. The topological polar surface area (TPSA) is 59.3 Å². The third-order valence-corrected chi connectivity index (χ3v) is 5.28. The number of hydrogen-bond acceptors (Lipinski definition) is 4. The molecule has 0 bridgehead atoms. The highest BCUT2D eigenvalue weighted by molar-refractivity contribution is 7.16. The van der Waals surface area contributed by atoms with Gasteiger partial charge in [-0.3, -0.25) is 4.79 Å². The fourth-order valence-corrected chi connectivity index (χ4v) is 3.60. The second kappa shape index (κ2) is 8.25. The average molecular weight is 361 g/mol. The number of carbonyl (C=O) groups excluding carboxylic acids is 2. The Balaban J connectivity index is 2.21. The normalized spacial score (nSPS) is 10.6. The van der Waals surface area contributed by atoms with Crippen LogP contribution < -0.4 is 9.88 Å². The number of nitrogens with zero attached hydrogens (tertiary/aromatic N) is 1. The first-order valence-corrected chi connectivity index (χ1v) is 9.24. The van der Waals surface area contributed by atoms with Crippen molar-refractivity contribution in [2.75, 3.05) is 11.9 Å². The fraction of sp³-hybridized carbons (Fsp3) is 0.421. The molecule has 2 rings (SSSR count). The zero-order valence-corrected chi connectivity index (χ0v) is 16.3. The number of anilines is 1. The van der Waals surface area contributed by atoms with E-state index in [0.717, 1.165) is 22.6 Å². The number of nitrogens with one attached hydrogen (secondary N) is 1. The van der Waals surface area contributed by atoms with E-state index in [4.69, 9.17) is 4.74 Å². The number of ether oxygens (including phenoxy) is 1. The maximum atomic E-state index is 12.5. The van der Waals surface area contributed by atoms with Crippen LogP contribution in [0, 0.1) is 20.8 Å². The third-order valence-electron chi connectivity index (χ3n) is 4.15. The number of rotatable bonds is 6. The summed E-state index contributed by atoms with van der Waals surface area (Å²) in [6.07, 6.45) is 2.91. The lowest BCUT2D eigenvalue weighted by atomic mass is 10.1. The van der Waals surface area contributed by atoms with Gasteiger partial charge in [0.25, 0.3) is 5.91 Å². The molecule has 0 saturated heterocycles. The Morgan fingerprint density at radius 1 is 1.20 bits per heavy atom. The molecule has 0 aliphatic heterocycles. The van der Waals surface area contributed by atoms with Crippen molar-refractivity contribution >= 4 is 28.2 Å². The van der Waals surface area contributed by atoms with E-state index in [1.54, 1.807) is 6.92 Å². The molecule has 2 aromatic rings. The predicted octanol–water partition coefficient (Wildman–Crippen LogP) is 3.34. The number of pyridine rings is 1. The minimum Gasteiger partial charge on any atom is -0.462 e. The van der Waals surface area contributed by atoms with Crippen molar-refractivity contribution in [1.29, 1.82) is 0 Å². The lowest BCUT2D eigenvalue weighted by Gasteiger charge is -2.07. The van der Waals surface area contributed by atoms with Crippen molar-refractivity contribution in [2.24, 2.45) is 0 Å². The van der Waals surface area contributed by atoms with Gasteiger partial charge >= 0.3 is 5.97 Å². The summed E-state index contributed by atoms with van der Waals surface area (Å²) >= 11 is 1.40. The summed E-state index contributed by atoms with van der Waals surface area (Å²) in [5, 5.41) is 3.44. The zero-order valence-electron chi connectivity index (χ0n) is 15.4. The monoisotopic (exact) mass is 361 g/mol. The molecule has 2 aromatic heterocycles. The molecule has 0 aliphatic rings. The molecule has 6 heteroatoms. The maximum absolute atomic E-state index is 12.5. The summed E-state index contributed by atoms with van der Waals surface area (Å²) in [6.45, 7) is 10.1. The summed E-state index contributed by atoms with van der Waals surface area (Å²) in [7, 11) is 0. The number of hydrogen-bond donors (Lipinski definition) is 1. The van der Waals surface area contributed by atoms with Gasteiger partial charge in [-0.2, -0.15) is 4.57 Å². The van der Waals surface area contributed by atoms with Crippen molar-refractivity contribution in [3.63, 3.8) is 0 Å². The molecular formula is C19H25N2O3S+. The average Bonchev–Trinajstić information content (AvgIpc) is 2.83. The smallest absolute Gasteiger partial charge is 0.341 e. The Morgan fingerprint density at radius 3 is 2.56 bits per heavy atom. The highest BCUT2D eigenvalue weighted by Gasteiger charge is 2.23. The molecule has 0 atom stereocenters. The third kappa shape index (κ3) is 4.45. The Morgan fingerprint density at radius 2 is 1.92 bits per heavy atom. The van der Waals surface area contributed by atoms with Crippen LogP contribution in [0.25, 0.3) is 0 Å². The molecule has 1 amide bonds. The van der Waals surface area contributed by atoms with E-state index < -0.39 is 5.97 Å². The summed E-state index contributed by atoms with van der Waals surface area (Å²) in [4.78, 5) is 25.7. The van der Waals surface area contributed by atoms with E-state index in [1.807, 2.05) is 37.6 Å². The van der Waals surface area contributed by atoms with E-state index in [9.17, 15) is 9.59 Å².